The number of nitrogens with one attached hydrogen (secondary N) is 2. The summed E-state index contributed by atoms with van der Waals surface area (Å²) in [6, 6.07) is 0. The molecule has 0 spiro atoms. The SMILES string of the molecule is CCNOC(C)NC. The van der Waals surface area contributed by atoms with Crippen molar-refractivity contribution in [2.24, 2.45) is 0 Å². The average Bonchev–Trinajstić information content (AvgIpc) is 1.83. The molecule has 3 heteroatoms. The monoisotopic (exact) mass is 118 g/mol. The second kappa shape index (κ2) is 5.03. The van der Waals surface area contributed by atoms with E-state index in [2.05, 4.69) is 10.8 Å². The largest absolute Gasteiger partial charge is 0.294 e. The van der Waals surface area contributed by atoms with Crippen LogP contribution in [0.25, 0.3) is 0 Å². The first-order valence-electron chi connectivity index (χ1n) is 2.87. The van der Waals surface area contributed by atoms with E-state index in [1.807, 2.05) is 20.9 Å². The zero-order chi connectivity index (χ0) is 6.41. The lowest BCUT2D eigenvalue weighted by atomic mass is 10.7. The van der Waals surface area contributed by atoms with Crippen molar-refractivity contribution in [3.8, 4) is 0 Å². The highest BCUT2D eigenvalue weighted by atomic mass is 16.7. The first kappa shape index (κ1) is 7.88. The molecule has 1 atom stereocenters. The predicted molar refractivity (Wildman–Crippen MR) is 33.3 cm³/mol. The summed E-state index contributed by atoms with van der Waals surface area (Å²) in [5.41, 5.74) is 2.74. The van der Waals surface area contributed by atoms with Crippen molar-refractivity contribution in [1.82, 2.24) is 10.8 Å². The van der Waals surface area contributed by atoms with Crippen LogP contribution in [0.15, 0.2) is 0 Å². The quantitative estimate of drug-likeness (QED) is 0.405. The van der Waals surface area contributed by atoms with Crippen LogP contribution in [0.3, 0.4) is 0 Å². The molecule has 1 unspecified atom stereocenters. The van der Waals surface area contributed by atoms with Gasteiger partial charge in [0.05, 0.1) is 0 Å². The molecule has 0 aromatic carbocycles. The van der Waals surface area contributed by atoms with Gasteiger partial charge in [0.1, 0.15) is 6.23 Å². The maximum atomic E-state index is 4.98. The van der Waals surface area contributed by atoms with E-state index < -0.39 is 0 Å². The summed E-state index contributed by atoms with van der Waals surface area (Å²) in [5.74, 6) is 0. The Bertz CT molecular complexity index is 49.7. The third-order valence-electron chi connectivity index (χ3n) is 0.811. The number of rotatable bonds is 4. The van der Waals surface area contributed by atoms with E-state index in [4.69, 9.17) is 4.84 Å². The molecule has 0 rings (SSSR count). The Hall–Kier alpha value is -0.120. The van der Waals surface area contributed by atoms with E-state index in [9.17, 15) is 0 Å². The highest BCUT2D eigenvalue weighted by Crippen LogP contribution is 1.75. The Kier molecular flexibility index (Phi) is 4.95. The maximum Gasteiger partial charge on any atom is 0.126 e. The van der Waals surface area contributed by atoms with Crippen LogP contribution >= 0.6 is 0 Å². The van der Waals surface area contributed by atoms with Gasteiger partial charge in [0.15, 0.2) is 0 Å². The normalized spacial score (nSPS) is 13.9. The van der Waals surface area contributed by atoms with Gasteiger partial charge >= 0.3 is 0 Å². The molecule has 0 aliphatic carbocycles. The van der Waals surface area contributed by atoms with Gasteiger partial charge < -0.3 is 0 Å². The summed E-state index contributed by atoms with van der Waals surface area (Å²) in [6.07, 6.45) is 0.0925. The molecule has 0 fully saturated rings. The van der Waals surface area contributed by atoms with Crippen LogP contribution in [-0.4, -0.2) is 19.8 Å². The molecule has 2 N–H and O–H groups in total. The number of hydrogen-bond donors (Lipinski definition) is 2. The second-order valence-electron chi connectivity index (χ2n) is 1.55. The fraction of sp³-hybridized carbons (Fsp3) is 1.00. The summed E-state index contributed by atoms with van der Waals surface area (Å²) >= 11 is 0. The third kappa shape index (κ3) is 4.05. The molecule has 0 bridgehead atoms. The van der Waals surface area contributed by atoms with Crippen molar-refractivity contribution in [3.05, 3.63) is 0 Å². The Labute approximate surface area is 50.4 Å². The van der Waals surface area contributed by atoms with Crippen molar-refractivity contribution in [2.75, 3.05) is 13.6 Å². The van der Waals surface area contributed by atoms with Crippen molar-refractivity contribution in [2.45, 2.75) is 20.1 Å². The topological polar surface area (TPSA) is 33.3 Å². The average molecular weight is 118 g/mol. The first-order valence-corrected chi connectivity index (χ1v) is 2.87. The standard InChI is InChI=1S/C5H14N2O/c1-4-7-8-5(2)6-3/h5-7H,4H2,1-3H3. The Morgan fingerprint density at radius 2 is 2.25 bits per heavy atom. The molecule has 0 aromatic rings. The van der Waals surface area contributed by atoms with E-state index in [1.165, 1.54) is 0 Å². The molecule has 0 saturated heterocycles. The molecule has 0 aromatic heterocycles. The van der Waals surface area contributed by atoms with Crippen LogP contribution in [-0.2, 0) is 4.84 Å². The lowest BCUT2D eigenvalue weighted by Crippen LogP contribution is -2.31. The van der Waals surface area contributed by atoms with Gasteiger partial charge in [-0.1, -0.05) is 6.92 Å². The molecule has 3 nitrogen and oxygen atoms in total. The van der Waals surface area contributed by atoms with Crippen molar-refractivity contribution >= 4 is 0 Å². The fourth-order valence-electron chi connectivity index (χ4n) is 0.267. The third-order valence-corrected chi connectivity index (χ3v) is 0.811. The van der Waals surface area contributed by atoms with Crippen LogP contribution in [0.2, 0.25) is 0 Å². The van der Waals surface area contributed by atoms with E-state index in [-0.39, 0.29) is 6.23 Å². The maximum absolute atomic E-state index is 4.98. The van der Waals surface area contributed by atoms with Gasteiger partial charge in [-0.05, 0) is 14.0 Å². The zero-order valence-electron chi connectivity index (χ0n) is 5.69. The predicted octanol–water partition coefficient (Wildman–Crippen LogP) is 0.0929. The molecular formula is C5H14N2O. The number of hydroxylamine groups is 1. The van der Waals surface area contributed by atoms with Gasteiger partial charge in [-0.3, -0.25) is 10.2 Å². The Morgan fingerprint density at radius 3 is 2.62 bits per heavy atom. The van der Waals surface area contributed by atoms with Gasteiger partial charge in [-0.2, -0.15) is 0 Å². The van der Waals surface area contributed by atoms with E-state index >= 15 is 0 Å². The Balaban J connectivity index is 2.86. The minimum Gasteiger partial charge on any atom is -0.294 e. The van der Waals surface area contributed by atoms with Gasteiger partial charge in [0.25, 0.3) is 0 Å². The smallest absolute Gasteiger partial charge is 0.126 e. The van der Waals surface area contributed by atoms with E-state index in [0.717, 1.165) is 6.54 Å². The second-order valence-corrected chi connectivity index (χ2v) is 1.55. The zero-order valence-corrected chi connectivity index (χ0v) is 5.69. The molecule has 0 aliphatic heterocycles. The Morgan fingerprint density at radius 1 is 1.62 bits per heavy atom. The summed E-state index contributed by atoms with van der Waals surface area (Å²) in [4.78, 5) is 4.98. The van der Waals surface area contributed by atoms with Crippen LogP contribution < -0.4 is 10.8 Å². The molecular weight excluding hydrogens is 104 g/mol. The molecule has 0 aliphatic rings. The minimum absolute atomic E-state index is 0.0925. The van der Waals surface area contributed by atoms with Crippen molar-refractivity contribution in [3.63, 3.8) is 0 Å². The van der Waals surface area contributed by atoms with E-state index in [0.29, 0.717) is 0 Å². The highest BCUT2D eigenvalue weighted by Gasteiger charge is 1.92. The molecule has 50 valence electrons. The minimum atomic E-state index is 0.0925. The molecule has 0 heterocycles. The van der Waals surface area contributed by atoms with Gasteiger partial charge in [-0.15, -0.1) is 0 Å². The summed E-state index contributed by atoms with van der Waals surface area (Å²) in [7, 11) is 1.85. The number of hydrogen-bond acceptors (Lipinski definition) is 3. The molecule has 0 amide bonds. The first-order chi connectivity index (χ1) is 3.81. The van der Waals surface area contributed by atoms with Gasteiger partial charge in [-0.25, -0.2) is 5.48 Å². The van der Waals surface area contributed by atoms with Crippen LogP contribution in [0.5, 0.6) is 0 Å². The summed E-state index contributed by atoms with van der Waals surface area (Å²) in [6.45, 7) is 4.76. The van der Waals surface area contributed by atoms with Crippen LogP contribution in [0.4, 0.5) is 0 Å². The fourth-order valence-corrected chi connectivity index (χ4v) is 0.267. The van der Waals surface area contributed by atoms with Crippen molar-refractivity contribution < 1.29 is 4.84 Å². The van der Waals surface area contributed by atoms with Crippen LogP contribution in [0, 0.1) is 0 Å². The van der Waals surface area contributed by atoms with E-state index in [1.54, 1.807) is 0 Å². The molecule has 0 saturated carbocycles. The highest BCUT2D eigenvalue weighted by molar-refractivity contribution is 4.34. The summed E-state index contributed by atoms with van der Waals surface area (Å²) in [5, 5.41) is 2.92. The summed E-state index contributed by atoms with van der Waals surface area (Å²) < 4.78 is 0. The molecule has 8 heavy (non-hydrogen) atoms. The van der Waals surface area contributed by atoms with Crippen LogP contribution in [0.1, 0.15) is 13.8 Å². The lowest BCUT2D eigenvalue weighted by Gasteiger charge is -2.09. The lowest BCUT2D eigenvalue weighted by molar-refractivity contribution is -0.0257. The molecule has 0 radical (unpaired) electrons. The van der Waals surface area contributed by atoms with Gasteiger partial charge in [0, 0.05) is 6.54 Å². The van der Waals surface area contributed by atoms with Gasteiger partial charge in [0.2, 0.25) is 0 Å². The van der Waals surface area contributed by atoms with Crippen molar-refractivity contribution in [1.29, 1.82) is 0 Å².